The minimum absolute atomic E-state index is 0. The molecule has 1 aliphatic carbocycles. The summed E-state index contributed by atoms with van der Waals surface area (Å²) in [6.45, 7) is 1.16. The molecular weight excluding hydrogens is 358 g/mol. The highest BCUT2D eigenvalue weighted by Crippen LogP contribution is 2.49. The summed E-state index contributed by atoms with van der Waals surface area (Å²) < 4.78 is 26.5. The maximum absolute atomic E-state index is 13.4. The quantitative estimate of drug-likeness (QED) is 0.889. The number of likely N-dealkylation sites (tertiary alicyclic amines) is 1. The van der Waals surface area contributed by atoms with Gasteiger partial charge in [0.15, 0.2) is 11.6 Å². The fraction of sp³-hybridized carbons (Fsp3) is 0.350. The molecule has 6 heteroatoms. The van der Waals surface area contributed by atoms with E-state index in [1.54, 1.807) is 6.07 Å². The maximum atomic E-state index is 13.4. The van der Waals surface area contributed by atoms with E-state index in [0.29, 0.717) is 25.1 Å². The molecular formula is C20H21ClF2N2O. The molecule has 4 atom stereocenters. The first-order valence-electron chi connectivity index (χ1n) is 8.59. The van der Waals surface area contributed by atoms with Gasteiger partial charge >= 0.3 is 0 Å². The fourth-order valence-electron chi connectivity index (χ4n) is 3.88. The zero-order chi connectivity index (χ0) is 17.6. The Kier molecular flexibility index (Phi) is 5.30. The molecule has 1 heterocycles. The van der Waals surface area contributed by atoms with E-state index in [9.17, 15) is 13.6 Å². The molecule has 0 aromatic heterocycles. The van der Waals surface area contributed by atoms with Gasteiger partial charge in [0.2, 0.25) is 5.91 Å². The molecule has 2 aromatic rings. The van der Waals surface area contributed by atoms with Gasteiger partial charge in [-0.05, 0) is 35.6 Å². The van der Waals surface area contributed by atoms with E-state index < -0.39 is 11.6 Å². The second-order valence-corrected chi connectivity index (χ2v) is 7.05. The van der Waals surface area contributed by atoms with Crippen LogP contribution in [0.5, 0.6) is 0 Å². The van der Waals surface area contributed by atoms with Crippen molar-refractivity contribution in [1.29, 1.82) is 0 Å². The standard InChI is InChI=1S/C20H20F2N2O.ClH/c21-17-7-6-13(8-18(17)22)14-9-15(14)20(25)24-10-16(19(23)11-24)12-4-2-1-3-5-12;/h1-8,14-16,19H,9-11,23H2;1H/t14?,15?,16-,19+;/m0./s1. The lowest BCUT2D eigenvalue weighted by molar-refractivity contribution is -0.131. The minimum Gasteiger partial charge on any atom is -0.340 e. The Morgan fingerprint density at radius 1 is 0.962 bits per heavy atom. The van der Waals surface area contributed by atoms with Crippen LogP contribution in [-0.2, 0) is 4.79 Å². The van der Waals surface area contributed by atoms with Crippen molar-refractivity contribution in [2.45, 2.75) is 24.3 Å². The molecule has 0 radical (unpaired) electrons. The molecule has 26 heavy (non-hydrogen) atoms. The normalized spacial score (nSPS) is 27.1. The van der Waals surface area contributed by atoms with Gasteiger partial charge in [0, 0.05) is 31.0 Å². The van der Waals surface area contributed by atoms with Gasteiger partial charge in [-0.15, -0.1) is 12.4 Å². The number of amides is 1. The minimum atomic E-state index is -0.858. The van der Waals surface area contributed by atoms with E-state index in [1.165, 1.54) is 6.07 Å². The van der Waals surface area contributed by atoms with Gasteiger partial charge in [0.1, 0.15) is 0 Å². The van der Waals surface area contributed by atoms with Crippen LogP contribution < -0.4 is 5.73 Å². The van der Waals surface area contributed by atoms with Crippen LogP contribution in [0, 0.1) is 17.6 Å². The van der Waals surface area contributed by atoms with Gasteiger partial charge in [-0.3, -0.25) is 4.79 Å². The van der Waals surface area contributed by atoms with Crippen LogP contribution in [0.2, 0.25) is 0 Å². The Labute approximate surface area is 157 Å². The third-order valence-corrected chi connectivity index (χ3v) is 5.38. The molecule has 2 unspecified atom stereocenters. The molecule has 3 nitrogen and oxygen atoms in total. The number of hydrogen-bond donors (Lipinski definition) is 1. The van der Waals surface area contributed by atoms with Gasteiger partial charge in [0.25, 0.3) is 0 Å². The van der Waals surface area contributed by atoms with Gasteiger partial charge in [-0.1, -0.05) is 36.4 Å². The van der Waals surface area contributed by atoms with Crippen LogP contribution in [0.3, 0.4) is 0 Å². The van der Waals surface area contributed by atoms with Crippen molar-refractivity contribution < 1.29 is 13.6 Å². The number of rotatable bonds is 3. The van der Waals surface area contributed by atoms with E-state index in [4.69, 9.17) is 5.73 Å². The Morgan fingerprint density at radius 3 is 2.38 bits per heavy atom. The van der Waals surface area contributed by atoms with Crippen molar-refractivity contribution in [2.75, 3.05) is 13.1 Å². The number of nitrogens with zero attached hydrogens (tertiary/aromatic N) is 1. The first-order valence-corrected chi connectivity index (χ1v) is 8.59. The third-order valence-electron chi connectivity index (χ3n) is 5.38. The van der Waals surface area contributed by atoms with Crippen LogP contribution in [0.25, 0.3) is 0 Å². The lowest BCUT2D eigenvalue weighted by Crippen LogP contribution is -2.33. The van der Waals surface area contributed by atoms with Crippen LogP contribution in [0.4, 0.5) is 8.78 Å². The zero-order valence-electron chi connectivity index (χ0n) is 14.1. The highest BCUT2D eigenvalue weighted by molar-refractivity contribution is 5.85. The molecule has 1 aliphatic heterocycles. The summed E-state index contributed by atoms with van der Waals surface area (Å²) in [7, 11) is 0. The zero-order valence-corrected chi connectivity index (χ0v) is 15.0. The maximum Gasteiger partial charge on any atom is 0.226 e. The Bertz CT molecular complexity index is 802. The number of hydrogen-bond acceptors (Lipinski definition) is 2. The topological polar surface area (TPSA) is 46.3 Å². The molecule has 0 spiro atoms. The molecule has 2 aliphatic rings. The Balaban J connectivity index is 0.00000196. The second kappa shape index (κ2) is 7.33. The number of benzene rings is 2. The van der Waals surface area contributed by atoms with E-state index in [0.717, 1.165) is 11.6 Å². The lowest BCUT2D eigenvalue weighted by Gasteiger charge is -2.16. The molecule has 4 rings (SSSR count). The van der Waals surface area contributed by atoms with Crippen molar-refractivity contribution in [3.63, 3.8) is 0 Å². The molecule has 1 amide bonds. The lowest BCUT2D eigenvalue weighted by atomic mass is 9.95. The van der Waals surface area contributed by atoms with E-state index in [1.807, 2.05) is 35.2 Å². The largest absolute Gasteiger partial charge is 0.340 e. The highest BCUT2D eigenvalue weighted by Gasteiger charge is 2.48. The van der Waals surface area contributed by atoms with Gasteiger partial charge in [-0.2, -0.15) is 0 Å². The van der Waals surface area contributed by atoms with Crippen LogP contribution in [0.1, 0.15) is 29.4 Å². The van der Waals surface area contributed by atoms with Crippen molar-refractivity contribution in [3.05, 3.63) is 71.3 Å². The Morgan fingerprint density at radius 2 is 1.69 bits per heavy atom. The number of halogens is 3. The first kappa shape index (κ1) is 18.8. The summed E-state index contributed by atoms with van der Waals surface area (Å²) >= 11 is 0. The van der Waals surface area contributed by atoms with E-state index >= 15 is 0 Å². The first-order chi connectivity index (χ1) is 12.0. The van der Waals surface area contributed by atoms with Crippen LogP contribution in [-0.4, -0.2) is 29.9 Å². The number of carbonyl (C=O) groups is 1. The fourth-order valence-corrected chi connectivity index (χ4v) is 3.88. The van der Waals surface area contributed by atoms with E-state index in [2.05, 4.69) is 0 Å². The van der Waals surface area contributed by atoms with Gasteiger partial charge < -0.3 is 10.6 Å². The predicted octanol–water partition coefficient (Wildman–Crippen LogP) is 3.44. The molecule has 2 aromatic carbocycles. The van der Waals surface area contributed by atoms with Crippen LogP contribution >= 0.6 is 12.4 Å². The highest BCUT2D eigenvalue weighted by atomic mass is 35.5. The average molecular weight is 379 g/mol. The summed E-state index contributed by atoms with van der Waals surface area (Å²) in [6, 6.07) is 13.8. The molecule has 1 saturated heterocycles. The number of nitrogens with two attached hydrogens (primary N) is 1. The van der Waals surface area contributed by atoms with Gasteiger partial charge in [-0.25, -0.2) is 8.78 Å². The number of carbonyl (C=O) groups excluding carboxylic acids is 1. The van der Waals surface area contributed by atoms with E-state index in [-0.39, 0.29) is 42.1 Å². The monoisotopic (exact) mass is 378 g/mol. The van der Waals surface area contributed by atoms with Crippen molar-refractivity contribution in [3.8, 4) is 0 Å². The molecule has 2 fully saturated rings. The Hall–Kier alpha value is -1.98. The summed E-state index contributed by atoms with van der Waals surface area (Å²) in [4.78, 5) is 14.6. The summed E-state index contributed by atoms with van der Waals surface area (Å²) in [5.74, 6) is -1.66. The molecule has 2 N–H and O–H groups in total. The summed E-state index contributed by atoms with van der Waals surface area (Å²) in [5.41, 5.74) is 8.10. The van der Waals surface area contributed by atoms with Gasteiger partial charge in [0.05, 0.1) is 0 Å². The summed E-state index contributed by atoms with van der Waals surface area (Å²) in [5, 5.41) is 0. The van der Waals surface area contributed by atoms with Crippen molar-refractivity contribution in [2.24, 2.45) is 11.7 Å². The summed E-state index contributed by atoms with van der Waals surface area (Å²) in [6.07, 6.45) is 0.686. The molecule has 0 bridgehead atoms. The molecule has 138 valence electrons. The second-order valence-electron chi connectivity index (χ2n) is 7.05. The van der Waals surface area contributed by atoms with Crippen molar-refractivity contribution in [1.82, 2.24) is 4.90 Å². The third kappa shape index (κ3) is 3.46. The SMILES string of the molecule is Cl.N[C@@H]1CN(C(=O)C2CC2c2ccc(F)c(F)c2)C[C@H]1c1ccccc1. The average Bonchev–Trinajstić information content (AvgIpc) is 3.32. The smallest absolute Gasteiger partial charge is 0.226 e. The van der Waals surface area contributed by atoms with Crippen molar-refractivity contribution >= 4 is 18.3 Å². The predicted molar refractivity (Wildman–Crippen MR) is 98.2 cm³/mol. The van der Waals surface area contributed by atoms with Crippen LogP contribution in [0.15, 0.2) is 48.5 Å². The molecule has 1 saturated carbocycles.